The third-order valence-corrected chi connectivity index (χ3v) is 4.63. The number of carbonyl (C=O) groups is 2. The van der Waals surface area contributed by atoms with E-state index in [1.54, 1.807) is 0 Å². The summed E-state index contributed by atoms with van der Waals surface area (Å²) in [4.78, 5) is 23.4. The summed E-state index contributed by atoms with van der Waals surface area (Å²) >= 11 is 0. The Morgan fingerprint density at radius 3 is 2.05 bits per heavy atom. The van der Waals surface area contributed by atoms with Gasteiger partial charge in [0, 0.05) is 0 Å². The summed E-state index contributed by atoms with van der Waals surface area (Å²) in [6.45, 7) is 0. The molecule has 0 bridgehead atoms. The minimum absolute atomic E-state index is 0.00875. The number of aliphatic carboxylic acids is 1. The molecule has 0 aromatic heterocycles. The van der Waals surface area contributed by atoms with E-state index in [1.807, 2.05) is 0 Å². The molecule has 2 rings (SSSR count). The van der Waals surface area contributed by atoms with Crippen LogP contribution < -0.4 is 11.1 Å². The molecule has 0 aromatic carbocycles. The highest BCUT2D eigenvalue weighted by molar-refractivity contribution is 5.87. The first-order valence-corrected chi connectivity index (χ1v) is 7.29. The van der Waals surface area contributed by atoms with Crippen LogP contribution in [0.3, 0.4) is 0 Å². The monoisotopic (exact) mass is 268 g/mol. The van der Waals surface area contributed by atoms with Crippen molar-refractivity contribution >= 4 is 11.9 Å². The largest absolute Gasteiger partial charge is 0.481 e. The van der Waals surface area contributed by atoms with Crippen molar-refractivity contribution in [1.82, 2.24) is 5.32 Å². The summed E-state index contributed by atoms with van der Waals surface area (Å²) in [5.74, 6) is -0.993. The van der Waals surface area contributed by atoms with Crippen molar-refractivity contribution in [2.24, 2.45) is 5.73 Å². The fraction of sp³-hybridized carbons (Fsp3) is 0.857. The van der Waals surface area contributed by atoms with Gasteiger partial charge in [-0.1, -0.05) is 32.1 Å². The van der Waals surface area contributed by atoms with Crippen molar-refractivity contribution in [2.75, 3.05) is 0 Å². The van der Waals surface area contributed by atoms with Crippen molar-refractivity contribution in [3.63, 3.8) is 0 Å². The van der Waals surface area contributed by atoms with Crippen molar-refractivity contribution in [2.45, 2.75) is 75.3 Å². The molecule has 0 heterocycles. The van der Waals surface area contributed by atoms with Gasteiger partial charge in [0.2, 0.25) is 5.91 Å². The lowest BCUT2D eigenvalue weighted by atomic mass is 9.80. The molecule has 2 aliphatic carbocycles. The third-order valence-electron chi connectivity index (χ3n) is 4.63. The summed E-state index contributed by atoms with van der Waals surface area (Å²) in [6.07, 6.45) is 7.98. The second-order valence-corrected chi connectivity index (χ2v) is 6.23. The summed E-state index contributed by atoms with van der Waals surface area (Å²) in [5.41, 5.74) is 4.86. The number of carboxylic acids is 1. The normalized spacial score (nSPS) is 24.9. The quantitative estimate of drug-likeness (QED) is 0.721. The number of hydrogen-bond acceptors (Lipinski definition) is 3. The van der Waals surface area contributed by atoms with Gasteiger partial charge in [-0.25, -0.2) is 0 Å². The van der Waals surface area contributed by atoms with Gasteiger partial charge in [0.05, 0.1) is 17.5 Å². The van der Waals surface area contributed by atoms with Gasteiger partial charge in [0.1, 0.15) is 0 Å². The number of rotatable bonds is 4. The fourth-order valence-corrected chi connectivity index (χ4v) is 3.46. The molecule has 4 N–H and O–H groups in total. The third kappa shape index (κ3) is 3.26. The first-order chi connectivity index (χ1) is 8.96. The Morgan fingerprint density at radius 2 is 1.53 bits per heavy atom. The fourth-order valence-electron chi connectivity index (χ4n) is 3.46. The first kappa shape index (κ1) is 14.3. The van der Waals surface area contributed by atoms with Crippen LogP contribution in [0, 0.1) is 0 Å². The highest BCUT2D eigenvalue weighted by Gasteiger charge is 2.43. The van der Waals surface area contributed by atoms with Crippen molar-refractivity contribution < 1.29 is 14.7 Å². The molecular weight excluding hydrogens is 244 g/mol. The van der Waals surface area contributed by atoms with Crippen molar-refractivity contribution in [1.29, 1.82) is 0 Å². The maximum absolute atomic E-state index is 12.4. The molecule has 19 heavy (non-hydrogen) atoms. The van der Waals surface area contributed by atoms with Gasteiger partial charge in [-0.2, -0.15) is 0 Å². The van der Waals surface area contributed by atoms with Gasteiger partial charge in [-0.15, -0.1) is 0 Å². The van der Waals surface area contributed by atoms with Gasteiger partial charge in [-0.05, 0) is 25.7 Å². The van der Waals surface area contributed by atoms with Crippen LogP contribution in [0.15, 0.2) is 0 Å². The van der Waals surface area contributed by atoms with Crippen LogP contribution >= 0.6 is 0 Å². The molecule has 5 nitrogen and oxygen atoms in total. The smallest absolute Gasteiger partial charge is 0.305 e. The van der Waals surface area contributed by atoms with Crippen LogP contribution in [0.1, 0.15) is 64.2 Å². The number of nitrogens with one attached hydrogen (secondary N) is 1. The maximum Gasteiger partial charge on any atom is 0.305 e. The number of amides is 1. The Kier molecular flexibility index (Phi) is 4.13. The Hall–Kier alpha value is -1.10. The minimum atomic E-state index is -0.850. The van der Waals surface area contributed by atoms with Crippen LogP contribution in [0.25, 0.3) is 0 Å². The lowest BCUT2D eigenvalue weighted by molar-refractivity contribution is -0.139. The standard InChI is InChI=1S/C14H24N2O3/c15-14(8-2-1-3-9-14)12(19)16-13(10-11(17)18)6-4-5-7-13/h1-10,15H2,(H,16,19)(H,17,18). The van der Waals surface area contributed by atoms with Crippen LogP contribution in [-0.2, 0) is 9.59 Å². The molecular formula is C14H24N2O3. The molecule has 0 atom stereocenters. The van der Waals surface area contributed by atoms with Crippen molar-refractivity contribution in [3.8, 4) is 0 Å². The van der Waals surface area contributed by atoms with E-state index in [0.717, 1.165) is 44.9 Å². The predicted molar refractivity (Wildman–Crippen MR) is 71.6 cm³/mol. The molecule has 108 valence electrons. The molecule has 2 fully saturated rings. The van der Waals surface area contributed by atoms with E-state index in [4.69, 9.17) is 10.8 Å². The van der Waals surface area contributed by atoms with E-state index in [2.05, 4.69) is 5.32 Å². The highest BCUT2D eigenvalue weighted by atomic mass is 16.4. The van der Waals surface area contributed by atoms with Gasteiger partial charge in [0.15, 0.2) is 0 Å². The van der Waals surface area contributed by atoms with Gasteiger partial charge in [0.25, 0.3) is 0 Å². The Balaban J connectivity index is 2.04. The molecule has 0 radical (unpaired) electrons. The maximum atomic E-state index is 12.4. The van der Waals surface area contributed by atoms with Gasteiger partial charge >= 0.3 is 5.97 Å². The zero-order chi connectivity index (χ0) is 13.9. The average molecular weight is 268 g/mol. The van der Waals surface area contributed by atoms with E-state index in [0.29, 0.717) is 12.8 Å². The molecule has 0 aromatic rings. The minimum Gasteiger partial charge on any atom is -0.481 e. The Morgan fingerprint density at radius 1 is 1.00 bits per heavy atom. The second kappa shape index (κ2) is 5.49. The summed E-state index contributed by atoms with van der Waals surface area (Å²) in [6, 6.07) is 0. The average Bonchev–Trinajstić information content (AvgIpc) is 2.77. The predicted octanol–water partition coefficient (Wildman–Crippen LogP) is 1.55. The number of carboxylic acid groups (broad SMARTS) is 1. The highest BCUT2D eigenvalue weighted by Crippen LogP contribution is 2.34. The van der Waals surface area contributed by atoms with Crippen LogP contribution in [-0.4, -0.2) is 28.1 Å². The van der Waals surface area contributed by atoms with Crippen molar-refractivity contribution in [3.05, 3.63) is 0 Å². The van der Waals surface area contributed by atoms with Crippen LogP contribution in [0.4, 0.5) is 0 Å². The molecule has 0 aliphatic heterocycles. The van der Waals surface area contributed by atoms with E-state index in [9.17, 15) is 9.59 Å². The van der Waals surface area contributed by atoms with E-state index in [1.165, 1.54) is 0 Å². The van der Waals surface area contributed by atoms with E-state index in [-0.39, 0.29) is 12.3 Å². The number of carbonyl (C=O) groups excluding carboxylic acids is 1. The zero-order valence-electron chi connectivity index (χ0n) is 11.4. The Bertz CT molecular complexity index is 356. The molecule has 2 saturated carbocycles. The molecule has 0 unspecified atom stereocenters. The number of hydrogen-bond donors (Lipinski definition) is 3. The van der Waals surface area contributed by atoms with Crippen LogP contribution in [0.5, 0.6) is 0 Å². The molecule has 2 aliphatic rings. The second-order valence-electron chi connectivity index (χ2n) is 6.23. The van der Waals surface area contributed by atoms with E-state index >= 15 is 0 Å². The molecule has 0 spiro atoms. The summed E-state index contributed by atoms with van der Waals surface area (Å²) in [7, 11) is 0. The molecule has 5 heteroatoms. The first-order valence-electron chi connectivity index (χ1n) is 7.29. The summed E-state index contributed by atoms with van der Waals surface area (Å²) < 4.78 is 0. The van der Waals surface area contributed by atoms with Gasteiger partial charge in [-0.3, -0.25) is 9.59 Å². The van der Waals surface area contributed by atoms with E-state index < -0.39 is 17.0 Å². The zero-order valence-corrected chi connectivity index (χ0v) is 11.4. The van der Waals surface area contributed by atoms with Gasteiger partial charge < -0.3 is 16.2 Å². The lowest BCUT2D eigenvalue weighted by Crippen LogP contribution is -2.60. The number of nitrogens with two attached hydrogens (primary N) is 1. The Labute approximate surface area is 113 Å². The summed E-state index contributed by atoms with van der Waals surface area (Å²) in [5, 5.41) is 12.0. The molecule has 0 saturated heterocycles. The lowest BCUT2D eigenvalue weighted by Gasteiger charge is -2.37. The SMILES string of the molecule is NC1(C(=O)NC2(CC(=O)O)CCCC2)CCCCC1. The molecule has 1 amide bonds. The topological polar surface area (TPSA) is 92.4 Å². The van der Waals surface area contributed by atoms with Crippen LogP contribution in [0.2, 0.25) is 0 Å².